The van der Waals surface area contributed by atoms with Gasteiger partial charge in [-0.2, -0.15) is 0 Å². The molecule has 0 unspecified atom stereocenters. The SMILES string of the molecule is CCCCOn1c(C(=O)NCCN(CCN)CCNC(=O)c2cccc(=O)n2OCCCC)cccc1=O. The number of nitrogens with zero attached hydrogens (tertiary/aromatic N) is 3. The van der Waals surface area contributed by atoms with Crippen LogP contribution in [0.5, 0.6) is 0 Å². The molecule has 2 amide bonds. The van der Waals surface area contributed by atoms with E-state index >= 15 is 0 Å². The first-order valence-electron chi connectivity index (χ1n) is 13.1. The second-order valence-electron chi connectivity index (χ2n) is 8.60. The van der Waals surface area contributed by atoms with Crippen LogP contribution < -0.4 is 37.2 Å². The van der Waals surface area contributed by atoms with Crippen molar-refractivity contribution in [3.8, 4) is 0 Å². The number of hydrogen-bond acceptors (Lipinski definition) is 8. The van der Waals surface area contributed by atoms with Crippen molar-refractivity contribution in [2.24, 2.45) is 5.73 Å². The number of carbonyl (C=O) groups excluding carboxylic acids is 2. The fourth-order valence-electron chi connectivity index (χ4n) is 3.51. The molecule has 2 aromatic heterocycles. The van der Waals surface area contributed by atoms with Crippen LogP contribution in [-0.4, -0.2) is 78.7 Å². The molecule has 0 aromatic carbocycles. The van der Waals surface area contributed by atoms with Gasteiger partial charge in [0.1, 0.15) is 24.6 Å². The Morgan fingerprint density at radius 2 is 1.24 bits per heavy atom. The normalized spacial score (nSPS) is 10.8. The summed E-state index contributed by atoms with van der Waals surface area (Å²) in [7, 11) is 0. The number of aromatic nitrogens is 2. The smallest absolute Gasteiger partial charge is 0.283 e. The minimum Gasteiger partial charge on any atom is -0.410 e. The lowest BCUT2D eigenvalue weighted by Crippen LogP contribution is -2.43. The van der Waals surface area contributed by atoms with Gasteiger partial charge in [-0.25, -0.2) is 0 Å². The fraction of sp³-hybridized carbons (Fsp3) is 0.538. The third-order valence-corrected chi connectivity index (χ3v) is 5.60. The topological polar surface area (TPSA) is 150 Å². The minimum absolute atomic E-state index is 0.126. The Kier molecular flexibility index (Phi) is 13.7. The summed E-state index contributed by atoms with van der Waals surface area (Å²) in [4.78, 5) is 62.7. The molecule has 0 aliphatic carbocycles. The van der Waals surface area contributed by atoms with Crippen LogP contribution in [0.3, 0.4) is 0 Å². The van der Waals surface area contributed by atoms with Crippen LogP contribution in [0.1, 0.15) is 60.5 Å². The van der Waals surface area contributed by atoms with Crippen LogP contribution in [0.25, 0.3) is 0 Å². The number of nitrogens with two attached hydrogens (primary N) is 1. The molecule has 0 radical (unpaired) electrons. The van der Waals surface area contributed by atoms with E-state index in [2.05, 4.69) is 10.6 Å². The van der Waals surface area contributed by atoms with Gasteiger partial charge in [0.25, 0.3) is 22.9 Å². The third kappa shape index (κ3) is 9.67. The molecular weight excluding hydrogens is 492 g/mol. The maximum atomic E-state index is 12.7. The van der Waals surface area contributed by atoms with E-state index < -0.39 is 22.9 Å². The monoisotopic (exact) mass is 532 g/mol. The summed E-state index contributed by atoms with van der Waals surface area (Å²) in [6.07, 6.45) is 3.33. The Balaban J connectivity index is 1.89. The summed E-state index contributed by atoms with van der Waals surface area (Å²) in [5.74, 6) is -0.851. The van der Waals surface area contributed by atoms with Crippen LogP contribution in [-0.2, 0) is 0 Å². The van der Waals surface area contributed by atoms with Gasteiger partial charge in [0, 0.05) is 51.4 Å². The van der Waals surface area contributed by atoms with E-state index in [1.807, 2.05) is 18.7 Å². The highest BCUT2D eigenvalue weighted by atomic mass is 16.7. The lowest BCUT2D eigenvalue weighted by Gasteiger charge is -2.22. The van der Waals surface area contributed by atoms with Crippen LogP contribution in [0, 0.1) is 0 Å². The number of carbonyl (C=O) groups is 2. The number of amides is 2. The summed E-state index contributed by atoms with van der Waals surface area (Å²) in [5, 5.41) is 5.61. The molecule has 2 aromatic rings. The Labute approximate surface area is 222 Å². The minimum atomic E-state index is -0.426. The second kappa shape index (κ2) is 17.0. The number of nitrogens with one attached hydrogen (secondary N) is 2. The quantitative estimate of drug-likeness (QED) is 0.225. The zero-order chi connectivity index (χ0) is 27.8. The molecule has 2 heterocycles. The lowest BCUT2D eigenvalue weighted by molar-refractivity contribution is 0.0761. The highest BCUT2D eigenvalue weighted by Crippen LogP contribution is 1.98. The Hall–Kier alpha value is -3.64. The van der Waals surface area contributed by atoms with Crippen molar-refractivity contribution in [2.45, 2.75) is 39.5 Å². The number of pyridine rings is 2. The predicted octanol–water partition coefficient (Wildman–Crippen LogP) is -0.112. The summed E-state index contributed by atoms with van der Waals surface area (Å²) in [6, 6.07) is 8.77. The molecule has 38 heavy (non-hydrogen) atoms. The van der Waals surface area contributed by atoms with E-state index in [0.717, 1.165) is 35.1 Å². The molecule has 0 saturated heterocycles. The third-order valence-electron chi connectivity index (χ3n) is 5.60. The Bertz CT molecular complexity index is 1050. The summed E-state index contributed by atoms with van der Waals surface area (Å²) in [6.45, 7) is 7.18. The van der Waals surface area contributed by atoms with Crippen LogP contribution in [0.2, 0.25) is 0 Å². The zero-order valence-corrected chi connectivity index (χ0v) is 22.3. The van der Waals surface area contributed by atoms with Gasteiger partial charge in [0.2, 0.25) is 0 Å². The van der Waals surface area contributed by atoms with Gasteiger partial charge in [-0.15, -0.1) is 9.46 Å². The lowest BCUT2D eigenvalue weighted by atomic mass is 10.3. The van der Waals surface area contributed by atoms with E-state index in [0.29, 0.717) is 52.5 Å². The molecule has 0 spiro atoms. The molecule has 0 aliphatic rings. The molecule has 12 heteroatoms. The molecule has 0 bridgehead atoms. The predicted molar refractivity (Wildman–Crippen MR) is 144 cm³/mol. The van der Waals surface area contributed by atoms with Gasteiger partial charge in [0.15, 0.2) is 0 Å². The number of rotatable bonds is 18. The van der Waals surface area contributed by atoms with E-state index in [1.165, 1.54) is 36.4 Å². The van der Waals surface area contributed by atoms with Gasteiger partial charge in [-0.1, -0.05) is 38.8 Å². The average molecular weight is 533 g/mol. The average Bonchev–Trinajstić information content (AvgIpc) is 2.90. The number of hydrogen-bond donors (Lipinski definition) is 3. The van der Waals surface area contributed by atoms with Crippen molar-refractivity contribution in [1.29, 1.82) is 0 Å². The van der Waals surface area contributed by atoms with E-state index in [1.54, 1.807) is 0 Å². The summed E-state index contributed by atoms with van der Waals surface area (Å²) < 4.78 is 2.04. The summed E-state index contributed by atoms with van der Waals surface area (Å²) >= 11 is 0. The standard InChI is InChI=1S/C26H40N6O6/c1-3-5-19-37-31-21(9-7-11-23(31)33)25(35)28-14-17-30(16-13-27)18-15-29-26(36)22-10-8-12-24(34)32(22)38-20-6-4-2/h7-12H,3-6,13-20,27H2,1-2H3,(H,28,35)(H,29,36). The van der Waals surface area contributed by atoms with Crippen molar-refractivity contribution in [1.82, 2.24) is 25.0 Å². The first-order valence-corrected chi connectivity index (χ1v) is 13.1. The molecule has 0 fully saturated rings. The van der Waals surface area contributed by atoms with E-state index in [9.17, 15) is 19.2 Å². The fourth-order valence-corrected chi connectivity index (χ4v) is 3.51. The van der Waals surface area contributed by atoms with Crippen LogP contribution in [0.4, 0.5) is 0 Å². The van der Waals surface area contributed by atoms with Crippen LogP contribution in [0.15, 0.2) is 46.0 Å². The van der Waals surface area contributed by atoms with Gasteiger partial charge in [-0.3, -0.25) is 24.1 Å². The van der Waals surface area contributed by atoms with E-state index in [-0.39, 0.29) is 11.4 Å². The molecule has 0 atom stereocenters. The Morgan fingerprint density at radius 1 is 0.789 bits per heavy atom. The first-order chi connectivity index (χ1) is 18.4. The van der Waals surface area contributed by atoms with Crippen LogP contribution >= 0.6 is 0 Å². The van der Waals surface area contributed by atoms with Crippen molar-refractivity contribution < 1.29 is 19.3 Å². The van der Waals surface area contributed by atoms with Crippen molar-refractivity contribution in [3.05, 3.63) is 68.5 Å². The van der Waals surface area contributed by atoms with Gasteiger partial charge < -0.3 is 26.0 Å². The van der Waals surface area contributed by atoms with Crippen molar-refractivity contribution >= 4 is 11.8 Å². The van der Waals surface area contributed by atoms with Gasteiger partial charge in [-0.05, 0) is 25.0 Å². The largest absolute Gasteiger partial charge is 0.410 e. The molecule has 0 aliphatic heterocycles. The Morgan fingerprint density at radius 3 is 1.63 bits per heavy atom. The first kappa shape index (κ1) is 30.6. The maximum absolute atomic E-state index is 12.7. The molecular formula is C26H40N6O6. The molecule has 12 nitrogen and oxygen atoms in total. The zero-order valence-electron chi connectivity index (χ0n) is 22.3. The molecule has 2 rings (SSSR count). The summed E-state index contributed by atoms with van der Waals surface area (Å²) in [5.41, 5.74) is 5.17. The maximum Gasteiger partial charge on any atom is 0.283 e. The molecule has 210 valence electrons. The number of unbranched alkanes of at least 4 members (excludes halogenated alkanes) is 2. The van der Waals surface area contributed by atoms with Crippen molar-refractivity contribution in [2.75, 3.05) is 52.5 Å². The second-order valence-corrected chi connectivity index (χ2v) is 8.60. The molecule has 4 N–H and O–H groups in total. The van der Waals surface area contributed by atoms with E-state index in [4.69, 9.17) is 15.4 Å². The van der Waals surface area contributed by atoms with Crippen molar-refractivity contribution in [3.63, 3.8) is 0 Å². The van der Waals surface area contributed by atoms with Gasteiger partial charge >= 0.3 is 0 Å². The highest BCUT2D eigenvalue weighted by Gasteiger charge is 2.15. The molecule has 0 saturated carbocycles. The van der Waals surface area contributed by atoms with Gasteiger partial charge in [0.05, 0.1) is 0 Å². The highest BCUT2D eigenvalue weighted by molar-refractivity contribution is 5.92.